The van der Waals surface area contributed by atoms with Crippen LogP contribution >= 0.6 is 0 Å². The third kappa shape index (κ3) is 2.48. The van der Waals surface area contributed by atoms with Crippen LogP contribution in [0.25, 0.3) is 0 Å². The first-order chi connectivity index (χ1) is 6.93. The van der Waals surface area contributed by atoms with Gasteiger partial charge in [0.2, 0.25) is 0 Å². The summed E-state index contributed by atoms with van der Waals surface area (Å²) in [6.45, 7) is 1.39. The van der Waals surface area contributed by atoms with E-state index in [2.05, 4.69) is 0 Å². The molecule has 0 heterocycles. The molecule has 0 aliphatic rings. The van der Waals surface area contributed by atoms with E-state index in [1.165, 1.54) is 6.92 Å². The number of rotatable bonds is 3. The van der Waals surface area contributed by atoms with Crippen LogP contribution < -0.4 is 5.73 Å². The van der Waals surface area contributed by atoms with Crippen LogP contribution in [-0.2, 0) is 0 Å². The Labute approximate surface area is 85.5 Å². The number of hydrogen-bond acceptors (Lipinski definition) is 4. The van der Waals surface area contributed by atoms with Crippen molar-refractivity contribution >= 4 is 5.69 Å². The molecule has 2 atom stereocenters. The number of aliphatic hydroxyl groups is 1. The molecule has 15 heavy (non-hydrogen) atoms. The lowest BCUT2D eigenvalue weighted by atomic mass is 10.0. The molecule has 0 saturated heterocycles. The molecule has 0 spiro atoms. The first kappa shape index (κ1) is 11.5. The fourth-order valence-corrected chi connectivity index (χ4v) is 1.16. The highest BCUT2D eigenvalue weighted by Crippen LogP contribution is 2.23. The number of halogens is 1. The Morgan fingerprint density at radius 2 is 2.20 bits per heavy atom. The number of nitrogens with two attached hydrogens (primary N) is 1. The zero-order valence-electron chi connectivity index (χ0n) is 8.05. The van der Waals surface area contributed by atoms with Crippen molar-refractivity contribution in [3.8, 4) is 0 Å². The molecule has 0 amide bonds. The van der Waals surface area contributed by atoms with E-state index in [0.717, 1.165) is 18.2 Å². The first-order valence-corrected chi connectivity index (χ1v) is 4.31. The van der Waals surface area contributed by atoms with E-state index in [-0.39, 0.29) is 11.3 Å². The molecule has 0 unspecified atom stereocenters. The number of hydrogen-bond donors (Lipinski definition) is 2. The zero-order chi connectivity index (χ0) is 11.6. The zero-order valence-corrected chi connectivity index (χ0v) is 8.05. The largest absolute Gasteiger partial charge is 0.391 e. The van der Waals surface area contributed by atoms with E-state index in [4.69, 9.17) is 10.8 Å². The highest BCUT2D eigenvalue weighted by Gasteiger charge is 2.19. The minimum absolute atomic E-state index is 0.0563. The van der Waals surface area contributed by atoms with Gasteiger partial charge in [0.15, 0.2) is 0 Å². The molecule has 0 aliphatic heterocycles. The predicted molar refractivity (Wildman–Crippen MR) is 51.7 cm³/mol. The molecule has 0 bridgehead atoms. The van der Waals surface area contributed by atoms with Crippen molar-refractivity contribution in [3.05, 3.63) is 39.7 Å². The van der Waals surface area contributed by atoms with Gasteiger partial charge in [0.25, 0.3) is 5.69 Å². The van der Waals surface area contributed by atoms with Crippen molar-refractivity contribution in [2.24, 2.45) is 5.73 Å². The number of nitrogens with zero attached hydrogens (tertiary/aromatic N) is 1. The number of aliphatic hydroxyl groups excluding tert-OH is 1. The van der Waals surface area contributed by atoms with Gasteiger partial charge < -0.3 is 10.8 Å². The summed E-state index contributed by atoms with van der Waals surface area (Å²) in [6.07, 6.45) is -0.971. The highest BCUT2D eigenvalue weighted by molar-refractivity contribution is 5.37. The molecule has 0 fully saturated rings. The van der Waals surface area contributed by atoms with Crippen LogP contribution in [0, 0.1) is 15.9 Å². The molecule has 0 aliphatic carbocycles. The lowest BCUT2D eigenvalue weighted by Crippen LogP contribution is -2.24. The SMILES string of the molecule is C[C@H](O)[C@H](N)c1cc([N+](=O)[O-])ccc1F. The van der Waals surface area contributed by atoms with E-state index in [9.17, 15) is 14.5 Å². The molecular weight excluding hydrogens is 203 g/mol. The smallest absolute Gasteiger partial charge is 0.269 e. The van der Waals surface area contributed by atoms with Gasteiger partial charge in [-0.15, -0.1) is 0 Å². The van der Waals surface area contributed by atoms with Crippen LogP contribution in [0.15, 0.2) is 18.2 Å². The summed E-state index contributed by atoms with van der Waals surface area (Å²) >= 11 is 0. The van der Waals surface area contributed by atoms with Crippen molar-refractivity contribution in [1.82, 2.24) is 0 Å². The van der Waals surface area contributed by atoms with E-state index in [1.54, 1.807) is 0 Å². The Balaban J connectivity index is 3.16. The predicted octanol–water partition coefficient (Wildman–Crippen LogP) is 1.11. The number of nitro groups is 1. The molecule has 0 aromatic heterocycles. The minimum atomic E-state index is -0.971. The van der Waals surface area contributed by atoms with Gasteiger partial charge in [-0.2, -0.15) is 0 Å². The lowest BCUT2D eigenvalue weighted by molar-refractivity contribution is -0.385. The molecule has 1 aromatic rings. The molecule has 6 heteroatoms. The molecule has 0 radical (unpaired) electrons. The summed E-state index contributed by atoms with van der Waals surface area (Å²) in [5, 5.41) is 19.6. The van der Waals surface area contributed by atoms with Crippen molar-refractivity contribution in [2.45, 2.75) is 19.1 Å². The van der Waals surface area contributed by atoms with Crippen LogP contribution in [-0.4, -0.2) is 16.1 Å². The number of benzene rings is 1. The Kier molecular flexibility index (Phi) is 3.33. The highest BCUT2D eigenvalue weighted by atomic mass is 19.1. The number of non-ortho nitro benzene ring substituents is 1. The summed E-state index contributed by atoms with van der Waals surface area (Å²) in [4.78, 5) is 9.80. The van der Waals surface area contributed by atoms with Gasteiger partial charge in [-0.25, -0.2) is 4.39 Å². The molecule has 5 nitrogen and oxygen atoms in total. The molecule has 1 aromatic carbocycles. The van der Waals surface area contributed by atoms with Gasteiger partial charge in [0.1, 0.15) is 5.82 Å². The quantitative estimate of drug-likeness (QED) is 0.582. The summed E-state index contributed by atoms with van der Waals surface area (Å²) in [5.41, 5.74) is 5.19. The summed E-state index contributed by atoms with van der Waals surface area (Å²) in [6, 6.07) is 2.08. The average Bonchev–Trinajstić information content (AvgIpc) is 2.16. The van der Waals surface area contributed by atoms with E-state index in [1.807, 2.05) is 0 Å². The molecule has 0 saturated carbocycles. The van der Waals surface area contributed by atoms with Crippen LogP contribution in [0.1, 0.15) is 18.5 Å². The van der Waals surface area contributed by atoms with Crippen LogP contribution in [0.5, 0.6) is 0 Å². The van der Waals surface area contributed by atoms with Crippen molar-refractivity contribution < 1.29 is 14.4 Å². The second-order valence-corrected chi connectivity index (χ2v) is 3.23. The van der Waals surface area contributed by atoms with Crippen molar-refractivity contribution in [2.75, 3.05) is 0 Å². The molecular formula is C9H11FN2O3. The Bertz CT molecular complexity index is 382. The maximum Gasteiger partial charge on any atom is 0.269 e. The minimum Gasteiger partial charge on any atom is -0.391 e. The fraction of sp³-hybridized carbons (Fsp3) is 0.333. The fourth-order valence-electron chi connectivity index (χ4n) is 1.16. The van der Waals surface area contributed by atoms with Gasteiger partial charge in [-0.3, -0.25) is 10.1 Å². The standard InChI is InChI=1S/C9H11FN2O3/c1-5(13)9(11)7-4-6(12(14)15)2-3-8(7)10/h2-5,9,13H,11H2,1H3/t5-,9-/m0/s1. The van der Waals surface area contributed by atoms with Crippen LogP contribution in [0.4, 0.5) is 10.1 Å². The van der Waals surface area contributed by atoms with Gasteiger partial charge in [0.05, 0.1) is 17.1 Å². The van der Waals surface area contributed by atoms with Gasteiger partial charge in [0, 0.05) is 17.7 Å². The second kappa shape index (κ2) is 4.33. The Hall–Kier alpha value is -1.53. The topological polar surface area (TPSA) is 89.4 Å². The van der Waals surface area contributed by atoms with Gasteiger partial charge in [-0.1, -0.05) is 0 Å². The Morgan fingerprint density at radius 1 is 1.60 bits per heavy atom. The molecule has 82 valence electrons. The normalized spacial score (nSPS) is 14.7. The summed E-state index contributed by atoms with van der Waals surface area (Å²) in [5.74, 6) is -0.658. The lowest BCUT2D eigenvalue weighted by Gasteiger charge is -2.15. The third-order valence-electron chi connectivity index (χ3n) is 2.07. The van der Waals surface area contributed by atoms with E-state index < -0.39 is 22.9 Å². The third-order valence-corrected chi connectivity index (χ3v) is 2.07. The average molecular weight is 214 g/mol. The molecule has 1 rings (SSSR count). The Morgan fingerprint density at radius 3 is 2.67 bits per heavy atom. The monoisotopic (exact) mass is 214 g/mol. The maximum absolute atomic E-state index is 13.2. The van der Waals surface area contributed by atoms with Crippen molar-refractivity contribution in [1.29, 1.82) is 0 Å². The summed E-state index contributed by atoms with van der Waals surface area (Å²) in [7, 11) is 0. The van der Waals surface area contributed by atoms with Crippen molar-refractivity contribution in [3.63, 3.8) is 0 Å². The van der Waals surface area contributed by atoms with Crippen LogP contribution in [0.3, 0.4) is 0 Å². The first-order valence-electron chi connectivity index (χ1n) is 4.31. The number of nitro benzene ring substituents is 1. The second-order valence-electron chi connectivity index (χ2n) is 3.23. The van der Waals surface area contributed by atoms with Gasteiger partial charge >= 0.3 is 0 Å². The molecule has 3 N–H and O–H groups in total. The van der Waals surface area contributed by atoms with Gasteiger partial charge in [-0.05, 0) is 13.0 Å². The summed E-state index contributed by atoms with van der Waals surface area (Å²) < 4.78 is 13.2. The van der Waals surface area contributed by atoms with E-state index in [0.29, 0.717) is 0 Å². The maximum atomic E-state index is 13.2. The van der Waals surface area contributed by atoms with E-state index >= 15 is 0 Å². The van der Waals surface area contributed by atoms with Crippen LogP contribution in [0.2, 0.25) is 0 Å².